The fourth-order valence-electron chi connectivity index (χ4n) is 4.34. The summed E-state index contributed by atoms with van der Waals surface area (Å²) in [5.41, 5.74) is 3.11. The highest BCUT2D eigenvalue weighted by Gasteiger charge is 2.30. The SMILES string of the molecule is COc1cccc(CNS(=O)(=O)c2c(C)c(C)cc3c(C)c(C(=O)N4CCCCC4)oc23)c1. The Hall–Kier alpha value is -2.84. The predicted octanol–water partition coefficient (Wildman–Crippen LogP) is 4.47. The van der Waals surface area contributed by atoms with Gasteiger partial charge in [-0.25, -0.2) is 13.1 Å². The van der Waals surface area contributed by atoms with E-state index < -0.39 is 10.0 Å². The number of hydrogen-bond acceptors (Lipinski definition) is 5. The Bertz CT molecular complexity index is 1300. The lowest BCUT2D eigenvalue weighted by Crippen LogP contribution is -2.35. The molecule has 3 aromatic rings. The zero-order valence-electron chi connectivity index (χ0n) is 19.5. The number of fused-ring (bicyclic) bond motifs is 1. The molecule has 2 aromatic carbocycles. The lowest BCUT2D eigenvalue weighted by atomic mass is 10.0. The molecule has 0 unspecified atom stereocenters. The normalized spacial score (nSPS) is 14.6. The van der Waals surface area contributed by atoms with Gasteiger partial charge in [0.1, 0.15) is 10.6 Å². The average Bonchev–Trinajstić information content (AvgIpc) is 3.14. The molecule has 0 saturated carbocycles. The molecule has 176 valence electrons. The molecular weight excluding hydrogens is 440 g/mol. The quantitative estimate of drug-likeness (QED) is 0.574. The number of aryl methyl sites for hydroxylation is 2. The fraction of sp³-hybridized carbons (Fsp3) is 0.400. The first-order valence-electron chi connectivity index (χ1n) is 11.2. The summed E-state index contributed by atoms with van der Waals surface area (Å²) in [4.78, 5) is 15.0. The summed E-state index contributed by atoms with van der Waals surface area (Å²) < 4.78 is 40.8. The largest absolute Gasteiger partial charge is 0.497 e. The van der Waals surface area contributed by atoms with E-state index >= 15 is 0 Å². The van der Waals surface area contributed by atoms with Crippen molar-refractivity contribution in [1.82, 2.24) is 9.62 Å². The number of ether oxygens (including phenoxy) is 1. The van der Waals surface area contributed by atoms with Crippen molar-refractivity contribution in [1.29, 1.82) is 0 Å². The number of benzene rings is 2. The second kappa shape index (κ2) is 9.19. The Morgan fingerprint density at radius 2 is 1.82 bits per heavy atom. The van der Waals surface area contributed by atoms with E-state index in [9.17, 15) is 13.2 Å². The number of carbonyl (C=O) groups is 1. The van der Waals surface area contributed by atoms with Crippen LogP contribution in [0.2, 0.25) is 0 Å². The minimum Gasteiger partial charge on any atom is -0.497 e. The van der Waals surface area contributed by atoms with Gasteiger partial charge in [-0.15, -0.1) is 0 Å². The van der Waals surface area contributed by atoms with E-state index in [0.717, 1.165) is 30.4 Å². The number of carbonyl (C=O) groups excluding carboxylic acids is 1. The fourth-order valence-corrected chi connectivity index (χ4v) is 5.80. The van der Waals surface area contributed by atoms with Crippen LogP contribution in [0.4, 0.5) is 0 Å². The summed E-state index contributed by atoms with van der Waals surface area (Å²) in [6.45, 7) is 6.94. The number of piperidine rings is 1. The van der Waals surface area contributed by atoms with Crippen LogP contribution in [0.15, 0.2) is 39.6 Å². The van der Waals surface area contributed by atoms with Crippen molar-refractivity contribution in [2.45, 2.75) is 51.5 Å². The van der Waals surface area contributed by atoms with Gasteiger partial charge in [0.2, 0.25) is 10.0 Å². The number of rotatable bonds is 6. The molecule has 4 rings (SSSR count). The molecule has 2 heterocycles. The van der Waals surface area contributed by atoms with E-state index in [0.29, 0.717) is 35.4 Å². The van der Waals surface area contributed by atoms with Crippen LogP contribution < -0.4 is 9.46 Å². The lowest BCUT2D eigenvalue weighted by Gasteiger charge is -2.25. The maximum atomic E-state index is 13.4. The van der Waals surface area contributed by atoms with E-state index in [1.807, 2.05) is 32.0 Å². The van der Waals surface area contributed by atoms with E-state index in [1.165, 1.54) is 0 Å². The summed E-state index contributed by atoms with van der Waals surface area (Å²) in [7, 11) is -2.35. The van der Waals surface area contributed by atoms with Crippen molar-refractivity contribution in [2.75, 3.05) is 20.2 Å². The van der Waals surface area contributed by atoms with Gasteiger partial charge in [0.25, 0.3) is 5.91 Å². The van der Waals surface area contributed by atoms with Crippen molar-refractivity contribution in [3.05, 3.63) is 58.3 Å². The maximum absolute atomic E-state index is 13.4. The third-order valence-electron chi connectivity index (χ3n) is 6.40. The highest BCUT2D eigenvalue weighted by atomic mass is 32.2. The minimum absolute atomic E-state index is 0.0844. The van der Waals surface area contributed by atoms with Crippen molar-refractivity contribution >= 4 is 26.9 Å². The van der Waals surface area contributed by atoms with Gasteiger partial charge in [0.15, 0.2) is 11.3 Å². The minimum atomic E-state index is -3.92. The van der Waals surface area contributed by atoms with E-state index in [-0.39, 0.29) is 28.7 Å². The number of likely N-dealkylation sites (tertiary alicyclic amines) is 1. The van der Waals surface area contributed by atoms with E-state index in [2.05, 4.69) is 4.72 Å². The van der Waals surface area contributed by atoms with Crippen LogP contribution in [0, 0.1) is 20.8 Å². The van der Waals surface area contributed by atoms with Crippen LogP contribution in [-0.2, 0) is 16.6 Å². The summed E-state index contributed by atoms with van der Waals surface area (Å²) in [5.74, 6) is 0.705. The molecule has 1 aromatic heterocycles. The van der Waals surface area contributed by atoms with Crippen LogP contribution in [-0.4, -0.2) is 39.4 Å². The molecule has 8 heteroatoms. The number of nitrogens with one attached hydrogen (secondary N) is 1. The molecular formula is C25H30N2O5S. The molecule has 1 aliphatic rings. The first-order valence-corrected chi connectivity index (χ1v) is 12.7. The van der Waals surface area contributed by atoms with Gasteiger partial charge < -0.3 is 14.1 Å². The summed E-state index contributed by atoms with van der Waals surface area (Å²) in [6, 6.07) is 9.13. The van der Waals surface area contributed by atoms with E-state index in [4.69, 9.17) is 9.15 Å². The number of furan rings is 1. The first-order chi connectivity index (χ1) is 15.7. The Labute approximate surface area is 194 Å². The smallest absolute Gasteiger partial charge is 0.289 e. The topological polar surface area (TPSA) is 88.8 Å². The van der Waals surface area contributed by atoms with Crippen LogP contribution in [0.3, 0.4) is 0 Å². The molecule has 0 spiro atoms. The molecule has 0 bridgehead atoms. The molecule has 7 nitrogen and oxygen atoms in total. The Kier molecular flexibility index (Phi) is 6.50. The number of sulfonamides is 1. The first kappa shape index (κ1) is 23.3. The maximum Gasteiger partial charge on any atom is 0.289 e. The summed E-state index contributed by atoms with van der Waals surface area (Å²) >= 11 is 0. The number of methoxy groups -OCH3 is 1. The number of amides is 1. The third kappa shape index (κ3) is 4.50. The molecule has 0 aliphatic carbocycles. The van der Waals surface area contributed by atoms with Crippen LogP contribution >= 0.6 is 0 Å². The van der Waals surface area contributed by atoms with Gasteiger partial charge in [-0.2, -0.15) is 0 Å². The number of hydrogen-bond donors (Lipinski definition) is 1. The van der Waals surface area contributed by atoms with Crippen molar-refractivity contribution < 1.29 is 22.4 Å². The van der Waals surface area contributed by atoms with Crippen LogP contribution in [0.1, 0.15) is 52.1 Å². The standard InChI is InChI=1S/C25H30N2O5S/c1-16-13-21-18(3)22(25(28)27-11-6-5-7-12-27)32-23(21)24(17(16)2)33(29,30)26-15-19-9-8-10-20(14-19)31-4/h8-10,13-14,26H,5-7,11-12,15H2,1-4H3. The molecule has 1 saturated heterocycles. The zero-order valence-corrected chi connectivity index (χ0v) is 20.3. The molecule has 1 aliphatic heterocycles. The second-order valence-electron chi connectivity index (χ2n) is 8.61. The lowest BCUT2D eigenvalue weighted by molar-refractivity contribution is 0.0693. The Morgan fingerprint density at radius 1 is 1.09 bits per heavy atom. The Balaban J connectivity index is 1.74. The molecule has 1 amide bonds. The third-order valence-corrected chi connectivity index (χ3v) is 7.95. The molecule has 0 atom stereocenters. The number of nitrogens with zero attached hydrogens (tertiary/aromatic N) is 1. The van der Waals surface area contributed by atoms with Crippen molar-refractivity contribution in [3.8, 4) is 5.75 Å². The van der Waals surface area contributed by atoms with Gasteiger partial charge in [-0.05, 0) is 74.9 Å². The van der Waals surface area contributed by atoms with Gasteiger partial charge in [0.05, 0.1) is 7.11 Å². The van der Waals surface area contributed by atoms with Crippen LogP contribution in [0.25, 0.3) is 11.0 Å². The highest BCUT2D eigenvalue weighted by Crippen LogP contribution is 2.35. The Morgan fingerprint density at radius 3 is 2.52 bits per heavy atom. The van der Waals surface area contributed by atoms with E-state index in [1.54, 1.807) is 31.1 Å². The second-order valence-corrected chi connectivity index (χ2v) is 10.3. The van der Waals surface area contributed by atoms with Gasteiger partial charge >= 0.3 is 0 Å². The molecule has 1 fully saturated rings. The molecule has 1 N–H and O–H groups in total. The zero-order chi connectivity index (χ0) is 23.8. The molecule has 0 radical (unpaired) electrons. The van der Waals surface area contributed by atoms with Crippen molar-refractivity contribution in [3.63, 3.8) is 0 Å². The van der Waals surface area contributed by atoms with Crippen molar-refractivity contribution in [2.24, 2.45) is 0 Å². The average molecular weight is 471 g/mol. The van der Waals surface area contributed by atoms with Crippen LogP contribution in [0.5, 0.6) is 5.75 Å². The van der Waals surface area contributed by atoms with Gasteiger partial charge in [-0.3, -0.25) is 4.79 Å². The summed E-state index contributed by atoms with van der Waals surface area (Å²) in [5, 5.41) is 0.653. The monoisotopic (exact) mass is 470 g/mol. The predicted molar refractivity (Wildman–Crippen MR) is 127 cm³/mol. The molecule has 33 heavy (non-hydrogen) atoms. The highest BCUT2D eigenvalue weighted by molar-refractivity contribution is 7.89. The summed E-state index contributed by atoms with van der Waals surface area (Å²) in [6.07, 6.45) is 3.05. The van der Waals surface area contributed by atoms with Gasteiger partial charge in [0, 0.05) is 30.6 Å². The van der Waals surface area contributed by atoms with Gasteiger partial charge in [-0.1, -0.05) is 12.1 Å².